The number of halogens is 1. The van der Waals surface area contributed by atoms with Crippen LogP contribution in [0.15, 0.2) is 29.2 Å². The number of likely N-dealkylation sites (N-methyl/N-ethyl adjacent to an activating group) is 1. The third-order valence-corrected chi connectivity index (χ3v) is 7.32. The Labute approximate surface area is 174 Å². The van der Waals surface area contributed by atoms with Crippen molar-refractivity contribution in [1.29, 1.82) is 0 Å². The van der Waals surface area contributed by atoms with Crippen LogP contribution in [-0.4, -0.2) is 69.3 Å². The SMILES string of the molecule is CNC1CCCN(CCC(=O)Nc2ccc(S(=O)(=O)N3CCCC3)cc2)C1.Cl. The second-order valence-corrected chi connectivity index (χ2v) is 9.30. The van der Waals surface area contributed by atoms with Crippen molar-refractivity contribution in [2.24, 2.45) is 0 Å². The molecular weight excluding hydrogens is 400 g/mol. The summed E-state index contributed by atoms with van der Waals surface area (Å²) in [4.78, 5) is 14.8. The van der Waals surface area contributed by atoms with Gasteiger partial charge in [-0.3, -0.25) is 4.79 Å². The average molecular weight is 431 g/mol. The van der Waals surface area contributed by atoms with Gasteiger partial charge in [-0.1, -0.05) is 0 Å². The van der Waals surface area contributed by atoms with E-state index >= 15 is 0 Å². The molecule has 0 aromatic heterocycles. The summed E-state index contributed by atoms with van der Waals surface area (Å²) in [5.74, 6) is -0.0447. The summed E-state index contributed by atoms with van der Waals surface area (Å²) in [7, 11) is -1.43. The standard InChI is InChI=1S/C19H30N4O3S.ClH/c1-20-17-5-4-11-22(15-17)14-10-19(24)21-16-6-8-18(9-7-16)27(25,26)23-12-2-3-13-23;/h6-9,17,20H,2-5,10-15H2,1H3,(H,21,24);1H. The van der Waals surface area contributed by atoms with E-state index in [-0.39, 0.29) is 23.2 Å². The summed E-state index contributed by atoms with van der Waals surface area (Å²) in [5, 5.41) is 6.17. The molecule has 2 heterocycles. The summed E-state index contributed by atoms with van der Waals surface area (Å²) in [6.45, 7) is 3.93. The van der Waals surface area contributed by atoms with Crippen LogP contribution in [0.2, 0.25) is 0 Å². The normalized spacial score (nSPS) is 21.2. The zero-order valence-electron chi connectivity index (χ0n) is 16.4. The van der Waals surface area contributed by atoms with Gasteiger partial charge in [-0.25, -0.2) is 8.42 Å². The Kier molecular flexibility index (Phi) is 8.70. The topological polar surface area (TPSA) is 81.8 Å². The Bertz CT molecular complexity index is 736. The summed E-state index contributed by atoms with van der Waals surface area (Å²) in [6, 6.07) is 6.99. The van der Waals surface area contributed by atoms with Gasteiger partial charge in [0.05, 0.1) is 4.90 Å². The number of carbonyl (C=O) groups excluding carboxylic acids is 1. The molecule has 158 valence electrons. The molecule has 1 amide bonds. The highest BCUT2D eigenvalue weighted by atomic mass is 35.5. The number of hydrogen-bond acceptors (Lipinski definition) is 5. The van der Waals surface area contributed by atoms with E-state index in [1.54, 1.807) is 24.3 Å². The van der Waals surface area contributed by atoms with Gasteiger partial charge in [0, 0.05) is 44.3 Å². The third kappa shape index (κ3) is 5.90. The molecule has 9 heteroatoms. The lowest BCUT2D eigenvalue weighted by molar-refractivity contribution is -0.116. The second-order valence-electron chi connectivity index (χ2n) is 7.36. The number of benzene rings is 1. The van der Waals surface area contributed by atoms with Crippen molar-refractivity contribution < 1.29 is 13.2 Å². The first-order valence-electron chi connectivity index (χ1n) is 9.79. The Morgan fingerprint density at radius 1 is 1.11 bits per heavy atom. The quantitative estimate of drug-likeness (QED) is 0.690. The second kappa shape index (κ2) is 10.5. The predicted octanol–water partition coefficient (Wildman–Crippen LogP) is 1.91. The Morgan fingerprint density at radius 2 is 1.79 bits per heavy atom. The van der Waals surface area contributed by atoms with E-state index in [0.717, 1.165) is 38.9 Å². The van der Waals surface area contributed by atoms with Gasteiger partial charge in [0.2, 0.25) is 15.9 Å². The van der Waals surface area contributed by atoms with Crippen molar-refractivity contribution in [3.63, 3.8) is 0 Å². The highest BCUT2D eigenvalue weighted by Gasteiger charge is 2.27. The van der Waals surface area contributed by atoms with Crippen molar-refractivity contribution in [3.05, 3.63) is 24.3 Å². The molecule has 2 N–H and O–H groups in total. The molecule has 3 rings (SSSR count). The van der Waals surface area contributed by atoms with E-state index in [9.17, 15) is 13.2 Å². The molecule has 28 heavy (non-hydrogen) atoms. The zero-order valence-corrected chi connectivity index (χ0v) is 18.0. The molecule has 0 saturated carbocycles. The van der Waals surface area contributed by atoms with Gasteiger partial charge >= 0.3 is 0 Å². The molecular formula is C19H31ClN4O3S. The van der Waals surface area contributed by atoms with Gasteiger partial charge in [0.25, 0.3) is 0 Å². The highest BCUT2D eigenvalue weighted by molar-refractivity contribution is 7.89. The first-order valence-corrected chi connectivity index (χ1v) is 11.2. The number of likely N-dealkylation sites (tertiary alicyclic amines) is 1. The number of anilines is 1. The fourth-order valence-electron chi connectivity index (χ4n) is 3.77. The van der Waals surface area contributed by atoms with Gasteiger partial charge < -0.3 is 15.5 Å². The number of hydrogen-bond donors (Lipinski definition) is 2. The summed E-state index contributed by atoms with van der Waals surface area (Å²) >= 11 is 0. The number of sulfonamides is 1. The van der Waals surface area contributed by atoms with E-state index < -0.39 is 10.0 Å². The minimum Gasteiger partial charge on any atom is -0.326 e. The number of carbonyl (C=O) groups is 1. The van der Waals surface area contributed by atoms with Crippen LogP contribution in [-0.2, 0) is 14.8 Å². The number of nitrogens with one attached hydrogen (secondary N) is 2. The Morgan fingerprint density at radius 3 is 2.43 bits per heavy atom. The van der Waals surface area contributed by atoms with Gasteiger partial charge in [0.15, 0.2) is 0 Å². The first-order chi connectivity index (χ1) is 13.0. The Balaban J connectivity index is 0.00000280. The first kappa shape index (κ1) is 23.1. The van der Waals surface area contributed by atoms with Crippen LogP contribution in [0, 0.1) is 0 Å². The number of piperidine rings is 1. The maximum Gasteiger partial charge on any atom is 0.243 e. The van der Waals surface area contributed by atoms with Crippen LogP contribution in [0.5, 0.6) is 0 Å². The molecule has 2 saturated heterocycles. The fraction of sp³-hybridized carbons (Fsp3) is 0.632. The molecule has 1 atom stereocenters. The van der Waals surface area contributed by atoms with Crippen LogP contribution >= 0.6 is 12.4 Å². The minimum absolute atomic E-state index is 0. The lowest BCUT2D eigenvalue weighted by Gasteiger charge is -2.32. The van der Waals surface area contributed by atoms with E-state index in [1.165, 1.54) is 10.7 Å². The molecule has 7 nitrogen and oxygen atoms in total. The van der Waals surface area contributed by atoms with Crippen molar-refractivity contribution in [1.82, 2.24) is 14.5 Å². The number of rotatable bonds is 7. The van der Waals surface area contributed by atoms with E-state index in [2.05, 4.69) is 15.5 Å². The molecule has 2 aliphatic rings. The molecule has 0 bridgehead atoms. The Hall–Kier alpha value is -1.19. The van der Waals surface area contributed by atoms with Crippen LogP contribution in [0.1, 0.15) is 32.1 Å². The average Bonchev–Trinajstić information content (AvgIpc) is 3.23. The smallest absolute Gasteiger partial charge is 0.243 e. The largest absolute Gasteiger partial charge is 0.326 e. The zero-order chi connectivity index (χ0) is 19.3. The molecule has 0 spiro atoms. The lowest BCUT2D eigenvalue weighted by Crippen LogP contribution is -2.45. The summed E-state index contributed by atoms with van der Waals surface area (Å²) in [5.41, 5.74) is 0.632. The monoisotopic (exact) mass is 430 g/mol. The summed E-state index contributed by atoms with van der Waals surface area (Å²) in [6.07, 6.45) is 4.61. The number of nitrogens with zero attached hydrogens (tertiary/aromatic N) is 2. The van der Waals surface area contributed by atoms with Crippen molar-refractivity contribution in [3.8, 4) is 0 Å². The van der Waals surface area contributed by atoms with Gasteiger partial charge in [-0.15, -0.1) is 12.4 Å². The van der Waals surface area contributed by atoms with Crippen LogP contribution in [0.3, 0.4) is 0 Å². The third-order valence-electron chi connectivity index (χ3n) is 5.41. The maximum absolute atomic E-state index is 12.5. The maximum atomic E-state index is 12.5. The fourth-order valence-corrected chi connectivity index (χ4v) is 5.28. The highest BCUT2D eigenvalue weighted by Crippen LogP contribution is 2.22. The van der Waals surface area contributed by atoms with Crippen molar-refractivity contribution in [2.45, 2.75) is 43.0 Å². The van der Waals surface area contributed by atoms with Gasteiger partial charge in [-0.2, -0.15) is 4.31 Å². The molecule has 0 aliphatic carbocycles. The molecule has 1 unspecified atom stereocenters. The summed E-state index contributed by atoms with van der Waals surface area (Å²) < 4.78 is 26.6. The van der Waals surface area contributed by atoms with Crippen molar-refractivity contribution in [2.75, 3.05) is 45.1 Å². The van der Waals surface area contributed by atoms with Crippen LogP contribution in [0.25, 0.3) is 0 Å². The molecule has 1 aromatic rings. The molecule has 2 fully saturated rings. The van der Waals surface area contributed by atoms with Gasteiger partial charge in [-0.05, 0) is 63.5 Å². The van der Waals surface area contributed by atoms with Crippen LogP contribution < -0.4 is 10.6 Å². The lowest BCUT2D eigenvalue weighted by atomic mass is 10.1. The predicted molar refractivity (Wildman–Crippen MR) is 113 cm³/mol. The minimum atomic E-state index is -3.41. The van der Waals surface area contributed by atoms with Crippen molar-refractivity contribution >= 4 is 34.0 Å². The number of amides is 1. The molecule has 0 radical (unpaired) electrons. The van der Waals surface area contributed by atoms with Gasteiger partial charge in [0.1, 0.15) is 0 Å². The van der Waals surface area contributed by atoms with E-state index in [4.69, 9.17) is 0 Å². The van der Waals surface area contributed by atoms with Crippen LogP contribution in [0.4, 0.5) is 5.69 Å². The molecule has 2 aliphatic heterocycles. The molecule has 1 aromatic carbocycles. The van der Waals surface area contributed by atoms with E-state index in [0.29, 0.717) is 31.2 Å². The van der Waals surface area contributed by atoms with E-state index in [1.807, 2.05) is 7.05 Å².